The van der Waals surface area contributed by atoms with Crippen molar-refractivity contribution in [2.45, 2.75) is 37.9 Å². The van der Waals surface area contributed by atoms with Crippen molar-refractivity contribution in [3.63, 3.8) is 0 Å². The van der Waals surface area contributed by atoms with Gasteiger partial charge in [0.2, 0.25) is 5.13 Å². The molecule has 3 nitrogen and oxygen atoms in total. The molecule has 0 radical (unpaired) electrons. The van der Waals surface area contributed by atoms with Crippen LogP contribution in [0, 0.1) is 0 Å². The van der Waals surface area contributed by atoms with Crippen LogP contribution in [0.5, 0.6) is 0 Å². The molecule has 1 heterocycles. The summed E-state index contributed by atoms with van der Waals surface area (Å²) in [5, 5.41) is 10.9. The van der Waals surface area contributed by atoms with Gasteiger partial charge in [0.25, 0.3) is 0 Å². The lowest BCUT2D eigenvalue weighted by Gasteiger charge is -2.32. The Morgan fingerprint density at radius 3 is 2.48 bits per heavy atom. The van der Waals surface area contributed by atoms with Crippen LogP contribution in [0.15, 0.2) is 42.5 Å². The molecule has 3 rings (SSSR count). The number of hydrogen-bond acceptors (Lipinski definition) is 3. The fraction of sp³-hybridized carbons (Fsp3) is 0.455. The number of nitrogens with zero attached hydrogens (tertiary/aromatic N) is 1. The van der Waals surface area contributed by atoms with Crippen molar-refractivity contribution >= 4 is 17.3 Å². The van der Waals surface area contributed by atoms with Crippen LogP contribution >= 0.6 is 11.6 Å². The number of halogens is 2. The number of aryl methyl sites for hydroxylation is 2. The van der Waals surface area contributed by atoms with Gasteiger partial charge in [0, 0.05) is 43.9 Å². The number of rotatable bonds is 7. The van der Waals surface area contributed by atoms with Crippen molar-refractivity contribution in [2.75, 3.05) is 31.1 Å². The summed E-state index contributed by atoms with van der Waals surface area (Å²) in [5.74, 6) is 0. The zero-order valence-electron chi connectivity index (χ0n) is 15.8. The van der Waals surface area contributed by atoms with Crippen LogP contribution in [-0.2, 0) is 24.6 Å². The lowest BCUT2D eigenvalue weighted by Crippen LogP contribution is -2.43. The molecular weight excluding hydrogens is 363 g/mol. The van der Waals surface area contributed by atoms with Gasteiger partial charge < -0.3 is 15.3 Å². The van der Waals surface area contributed by atoms with E-state index in [9.17, 15) is 5.11 Å². The number of aliphatic hydroxyl groups is 1. The first kappa shape index (κ1) is 20.1. The summed E-state index contributed by atoms with van der Waals surface area (Å²) in [6.45, 7) is 5.92. The average molecular weight is 391 g/mol. The summed E-state index contributed by atoms with van der Waals surface area (Å²) in [6, 6.07) is 13.3. The van der Waals surface area contributed by atoms with Gasteiger partial charge in [0.1, 0.15) is 0 Å². The van der Waals surface area contributed by atoms with Crippen LogP contribution < -0.4 is 10.2 Å². The maximum atomic E-state index is 15.3. The van der Waals surface area contributed by atoms with Crippen molar-refractivity contribution < 1.29 is 9.50 Å². The highest BCUT2D eigenvalue weighted by Gasteiger charge is 2.30. The zero-order valence-corrected chi connectivity index (χ0v) is 16.6. The second-order valence-electron chi connectivity index (χ2n) is 7.07. The van der Waals surface area contributed by atoms with Gasteiger partial charge in [0.15, 0.2) is 0 Å². The first-order chi connectivity index (χ1) is 13.0. The number of anilines is 1. The molecule has 1 aliphatic heterocycles. The first-order valence-electron chi connectivity index (χ1n) is 9.69. The van der Waals surface area contributed by atoms with Gasteiger partial charge in [-0.3, -0.25) is 0 Å². The van der Waals surface area contributed by atoms with Gasteiger partial charge in [-0.1, -0.05) is 48.9 Å². The van der Waals surface area contributed by atoms with E-state index < -0.39 is 5.13 Å². The third-order valence-electron chi connectivity index (χ3n) is 5.34. The Kier molecular flexibility index (Phi) is 6.74. The van der Waals surface area contributed by atoms with Gasteiger partial charge in [-0.25, -0.2) is 4.39 Å². The number of aliphatic hydroxyl groups excluding tert-OH is 1. The molecule has 2 aromatic rings. The Balaban J connectivity index is 1.77. The minimum absolute atomic E-state index is 0.0445. The van der Waals surface area contributed by atoms with Crippen LogP contribution in [0.3, 0.4) is 0 Å². The molecule has 0 amide bonds. The van der Waals surface area contributed by atoms with Gasteiger partial charge >= 0.3 is 0 Å². The molecule has 0 spiro atoms. The molecule has 0 aromatic heterocycles. The molecule has 0 bridgehead atoms. The van der Waals surface area contributed by atoms with Crippen molar-refractivity contribution in [1.82, 2.24) is 5.32 Å². The fourth-order valence-electron chi connectivity index (χ4n) is 3.70. The van der Waals surface area contributed by atoms with E-state index in [2.05, 4.69) is 17.1 Å². The molecule has 1 fully saturated rings. The average Bonchev–Trinajstić information content (AvgIpc) is 2.72. The van der Waals surface area contributed by atoms with Crippen LogP contribution in [-0.4, -0.2) is 31.3 Å². The van der Waals surface area contributed by atoms with Crippen molar-refractivity contribution in [1.29, 1.82) is 0 Å². The summed E-state index contributed by atoms with van der Waals surface area (Å²) in [7, 11) is 0. The Hall–Kier alpha value is -1.62. The summed E-state index contributed by atoms with van der Waals surface area (Å²) >= 11 is 6.32. The van der Waals surface area contributed by atoms with E-state index in [1.165, 1.54) is 5.69 Å². The van der Waals surface area contributed by atoms with E-state index in [1.54, 1.807) is 0 Å². The van der Waals surface area contributed by atoms with E-state index in [4.69, 9.17) is 11.6 Å². The standard InChI is InChI=1S/C22H28ClFN2O/c1-2-17-15-20(7-8-21(17)26-13-11-25-12-14-26)22(23,24)10-9-18-5-3-4-6-19(18)16-27/h3-8,15,25,27H,2,9-14,16H2,1H3. The summed E-state index contributed by atoms with van der Waals surface area (Å²) in [6.07, 6.45) is 1.49. The lowest BCUT2D eigenvalue weighted by atomic mass is 9.96. The minimum Gasteiger partial charge on any atom is -0.392 e. The summed E-state index contributed by atoms with van der Waals surface area (Å²) in [5.41, 5.74) is 4.60. The van der Waals surface area contributed by atoms with Gasteiger partial charge in [-0.15, -0.1) is 0 Å². The van der Waals surface area contributed by atoms with Crippen LogP contribution in [0.4, 0.5) is 10.1 Å². The number of nitrogens with one attached hydrogen (secondary N) is 1. The molecule has 0 saturated carbocycles. The van der Waals surface area contributed by atoms with Gasteiger partial charge in [-0.2, -0.15) is 0 Å². The van der Waals surface area contributed by atoms with Gasteiger partial charge in [-0.05, 0) is 41.7 Å². The molecular formula is C22H28ClFN2O. The van der Waals surface area contributed by atoms with E-state index in [0.29, 0.717) is 12.0 Å². The Morgan fingerprint density at radius 1 is 1.11 bits per heavy atom. The topological polar surface area (TPSA) is 35.5 Å². The third kappa shape index (κ3) is 4.81. The SMILES string of the molecule is CCc1cc(C(F)(Cl)CCc2ccccc2CO)ccc1N1CCNCC1. The molecule has 27 heavy (non-hydrogen) atoms. The molecule has 0 aliphatic carbocycles. The Bertz CT molecular complexity index is 760. The highest BCUT2D eigenvalue weighted by atomic mass is 35.5. The second kappa shape index (κ2) is 9.05. The first-order valence-corrected chi connectivity index (χ1v) is 10.1. The summed E-state index contributed by atoms with van der Waals surface area (Å²) < 4.78 is 15.3. The van der Waals surface area contributed by atoms with Gasteiger partial charge in [0.05, 0.1) is 6.61 Å². The fourth-order valence-corrected chi connectivity index (χ4v) is 3.91. The third-order valence-corrected chi connectivity index (χ3v) is 5.74. The largest absolute Gasteiger partial charge is 0.392 e. The molecule has 2 N–H and O–H groups in total. The molecule has 146 valence electrons. The minimum atomic E-state index is -1.92. The predicted octanol–water partition coefficient (Wildman–Crippen LogP) is 4.14. The molecule has 1 atom stereocenters. The zero-order chi connectivity index (χ0) is 19.3. The second-order valence-corrected chi connectivity index (χ2v) is 7.66. The molecule has 2 aromatic carbocycles. The van der Waals surface area contributed by atoms with E-state index in [1.807, 2.05) is 42.5 Å². The predicted molar refractivity (Wildman–Crippen MR) is 110 cm³/mol. The van der Waals surface area contributed by atoms with E-state index >= 15 is 4.39 Å². The van der Waals surface area contributed by atoms with Crippen LogP contribution in [0.25, 0.3) is 0 Å². The van der Waals surface area contributed by atoms with Crippen LogP contribution in [0.2, 0.25) is 0 Å². The maximum absolute atomic E-state index is 15.3. The lowest BCUT2D eigenvalue weighted by molar-refractivity contribution is 0.261. The molecule has 1 saturated heterocycles. The highest BCUT2D eigenvalue weighted by molar-refractivity contribution is 6.22. The Labute approximate surface area is 166 Å². The quantitative estimate of drug-likeness (QED) is 0.697. The number of hydrogen-bond donors (Lipinski definition) is 2. The normalized spacial score (nSPS) is 17.0. The number of piperazine rings is 1. The monoisotopic (exact) mass is 390 g/mol. The smallest absolute Gasteiger partial charge is 0.209 e. The number of alkyl halides is 2. The molecule has 1 unspecified atom stereocenters. The van der Waals surface area contributed by atoms with Crippen LogP contribution in [0.1, 0.15) is 35.6 Å². The molecule has 5 heteroatoms. The highest BCUT2D eigenvalue weighted by Crippen LogP contribution is 2.38. The number of benzene rings is 2. The Morgan fingerprint density at radius 2 is 1.81 bits per heavy atom. The van der Waals surface area contributed by atoms with E-state index in [0.717, 1.165) is 49.3 Å². The maximum Gasteiger partial charge on any atom is 0.209 e. The summed E-state index contributed by atoms with van der Waals surface area (Å²) in [4.78, 5) is 2.35. The van der Waals surface area contributed by atoms with E-state index in [-0.39, 0.29) is 13.0 Å². The van der Waals surface area contributed by atoms with Crippen molar-refractivity contribution in [3.8, 4) is 0 Å². The molecule has 1 aliphatic rings. The van der Waals surface area contributed by atoms with Crippen molar-refractivity contribution in [3.05, 3.63) is 64.7 Å². The van der Waals surface area contributed by atoms with Crippen molar-refractivity contribution in [2.24, 2.45) is 0 Å².